The molecule has 0 spiro atoms. The van der Waals surface area contributed by atoms with Crippen LogP contribution in [0.1, 0.15) is 21.3 Å². The number of amides is 2. The number of carbonyl (C=O) groups is 2. The molecule has 2 amide bonds. The van der Waals surface area contributed by atoms with Crippen molar-refractivity contribution in [2.24, 2.45) is 0 Å². The maximum Gasteiger partial charge on any atom is 0.258 e. The third-order valence-corrected chi connectivity index (χ3v) is 6.10. The van der Waals surface area contributed by atoms with Crippen molar-refractivity contribution in [2.75, 3.05) is 39.0 Å². The molecule has 3 aromatic rings. The quantitative estimate of drug-likeness (QED) is 0.211. The van der Waals surface area contributed by atoms with E-state index in [1.807, 2.05) is 31.1 Å². The number of hydrogen-bond donors (Lipinski definition) is 3. The first-order valence-electron chi connectivity index (χ1n) is 10.7. The van der Waals surface area contributed by atoms with Crippen molar-refractivity contribution in [2.45, 2.75) is 10.4 Å². The Labute approximate surface area is 208 Å². The summed E-state index contributed by atoms with van der Waals surface area (Å²) in [5, 5.41) is 9.65. The standard InChI is InChI=1S/C24H27ClN6O2S/c1-31(2)15-14-27-16-21(32)30-23(17-9-12-26-13-10-17)34-24-20(4-3-11-28-24)22(33)29-19-7-5-18(25)6-8-19/h3-13,23,27H,14-16H2,1-2H3,(H,29,33)(H,30,32). The number of pyridine rings is 2. The van der Waals surface area contributed by atoms with E-state index in [9.17, 15) is 9.59 Å². The number of likely N-dealkylation sites (N-methyl/N-ethyl adjacent to an activating group) is 1. The predicted octanol–water partition coefficient (Wildman–Crippen LogP) is 3.44. The van der Waals surface area contributed by atoms with Crippen LogP contribution in [0.15, 0.2) is 72.1 Å². The molecular weight excluding hydrogens is 472 g/mol. The van der Waals surface area contributed by atoms with Gasteiger partial charge in [0.05, 0.1) is 12.1 Å². The van der Waals surface area contributed by atoms with Gasteiger partial charge in [-0.3, -0.25) is 14.6 Å². The number of aromatic nitrogens is 2. The molecule has 178 valence electrons. The van der Waals surface area contributed by atoms with Crippen molar-refractivity contribution >= 4 is 40.9 Å². The first-order valence-corrected chi connectivity index (χ1v) is 11.9. The van der Waals surface area contributed by atoms with Crippen LogP contribution in [0.4, 0.5) is 5.69 Å². The molecule has 8 nitrogen and oxygen atoms in total. The minimum Gasteiger partial charge on any atom is -0.339 e. The van der Waals surface area contributed by atoms with Crippen LogP contribution in [0.3, 0.4) is 0 Å². The minimum atomic E-state index is -0.455. The molecule has 0 bridgehead atoms. The van der Waals surface area contributed by atoms with Crippen LogP contribution in [0, 0.1) is 0 Å². The van der Waals surface area contributed by atoms with Gasteiger partial charge in [0.1, 0.15) is 10.4 Å². The molecule has 34 heavy (non-hydrogen) atoms. The molecule has 0 saturated heterocycles. The zero-order valence-corrected chi connectivity index (χ0v) is 20.6. The van der Waals surface area contributed by atoms with E-state index >= 15 is 0 Å². The molecule has 0 aliphatic rings. The van der Waals surface area contributed by atoms with Crippen molar-refractivity contribution in [3.05, 3.63) is 83.3 Å². The number of rotatable bonds is 11. The molecule has 3 rings (SSSR count). The van der Waals surface area contributed by atoms with E-state index in [-0.39, 0.29) is 18.4 Å². The molecule has 0 aliphatic carbocycles. The van der Waals surface area contributed by atoms with Crippen molar-refractivity contribution in [1.29, 1.82) is 0 Å². The number of nitrogens with one attached hydrogen (secondary N) is 3. The third-order valence-electron chi connectivity index (χ3n) is 4.67. The predicted molar refractivity (Wildman–Crippen MR) is 136 cm³/mol. The number of hydrogen-bond acceptors (Lipinski definition) is 7. The molecule has 2 aromatic heterocycles. The van der Waals surface area contributed by atoms with Crippen LogP contribution in [0.2, 0.25) is 5.02 Å². The summed E-state index contributed by atoms with van der Waals surface area (Å²) in [5.41, 5.74) is 1.87. The van der Waals surface area contributed by atoms with Crippen LogP contribution >= 0.6 is 23.4 Å². The fraction of sp³-hybridized carbons (Fsp3) is 0.250. The highest BCUT2D eigenvalue weighted by Gasteiger charge is 2.21. The number of nitrogens with zero attached hydrogens (tertiary/aromatic N) is 3. The summed E-state index contributed by atoms with van der Waals surface area (Å²) in [6.07, 6.45) is 4.95. The number of thioether (sulfide) groups is 1. The van der Waals surface area contributed by atoms with Gasteiger partial charge in [0.2, 0.25) is 5.91 Å². The Hall–Kier alpha value is -2.98. The lowest BCUT2D eigenvalue weighted by Gasteiger charge is -2.20. The third kappa shape index (κ3) is 8.11. The van der Waals surface area contributed by atoms with Gasteiger partial charge < -0.3 is 20.9 Å². The minimum absolute atomic E-state index is 0.156. The normalized spacial score (nSPS) is 11.8. The fourth-order valence-corrected chi connectivity index (χ4v) is 4.16. The van der Waals surface area contributed by atoms with E-state index in [0.717, 1.165) is 12.1 Å². The van der Waals surface area contributed by atoms with Crippen LogP contribution < -0.4 is 16.0 Å². The Balaban J connectivity index is 1.74. The average molecular weight is 499 g/mol. The van der Waals surface area contributed by atoms with Gasteiger partial charge in [0.25, 0.3) is 5.91 Å². The summed E-state index contributed by atoms with van der Waals surface area (Å²) < 4.78 is 0. The van der Waals surface area contributed by atoms with Gasteiger partial charge in [0.15, 0.2) is 0 Å². The fourth-order valence-electron chi connectivity index (χ4n) is 2.92. The summed E-state index contributed by atoms with van der Waals surface area (Å²) >= 11 is 7.22. The number of carbonyl (C=O) groups excluding carboxylic acids is 2. The Kier molecular flexibility index (Phi) is 9.84. The second-order valence-electron chi connectivity index (χ2n) is 7.64. The van der Waals surface area contributed by atoms with Crippen LogP contribution in [-0.2, 0) is 4.79 Å². The van der Waals surface area contributed by atoms with E-state index < -0.39 is 5.37 Å². The van der Waals surface area contributed by atoms with E-state index in [2.05, 4.69) is 25.9 Å². The molecule has 0 aliphatic heterocycles. The molecule has 1 unspecified atom stereocenters. The van der Waals surface area contributed by atoms with Gasteiger partial charge in [-0.15, -0.1) is 0 Å². The molecule has 0 radical (unpaired) electrons. The summed E-state index contributed by atoms with van der Waals surface area (Å²) in [4.78, 5) is 36.1. The first-order chi connectivity index (χ1) is 16.4. The number of anilines is 1. The summed E-state index contributed by atoms with van der Waals surface area (Å²) in [6.45, 7) is 1.71. The second kappa shape index (κ2) is 13.0. The van der Waals surface area contributed by atoms with Crippen molar-refractivity contribution in [1.82, 2.24) is 25.5 Å². The van der Waals surface area contributed by atoms with Gasteiger partial charge in [0, 0.05) is 42.4 Å². The maximum atomic E-state index is 13.0. The molecule has 10 heteroatoms. The van der Waals surface area contributed by atoms with Crippen LogP contribution in [0.25, 0.3) is 0 Å². The Morgan fingerprint density at radius 1 is 1.06 bits per heavy atom. The maximum absolute atomic E-state index is 13.0. The molecule has 1 aromatic carbocycles. The Morgan fingerprint density at radius 3 is 2.50 bits per heavy atom. The van der Waals surface area contributed by atoms with Gasteiger partial charge >= 0.3 is 0 Å². The van der Waals surface area contributed by atoms with Gasteiger partial charge in [-0.25, -0.2) is 4.98 Å². The zero-order chi connectivity index (χ0) is 24.3. The lowest BCUT2D eigenvalue weighted by Crippen LogP contribution is -2.37. The monoisotopic (exact) mass is 498 g/mol. The van der Waals surface area contributed by atoms with Gasteiger partial charge in [-0.05, 0) is 68.2 Å². The lowest BCUT2D eigenvalue weighted by molar-refractivity contribution is -0.120. The number of benzene rings is 1. The topological polar surface area (TPSA) is 99.3 Å². The van der Waals surface area contributed by atoms with Crippen molar-refractivity contribution in [3.63, 3.8) is 0 Å². The SMILES string of the molecule is CN(C)CCNCC(=O)NC(Sc1ncccc1C(=O)Nc1ccc(Cl)cc1)c1ccncc1. The zero-order valence-electron chi connectivity index (χ0n) is 19.0. The van der Waals surface area contributed by atoms with Crippen molar-refractivity contribution in [3.8, 4) is 0 Å². The smallest absolute Gasteiger partial charge is 0.258 e. The van der Waals surface area contributed by atoms with Crippen LogP contribution in [-0.4, -0.2) is 60.4 Å². The molecule has 3 N–H and O–H groups in total. The van der Waals surface area contributed by atoms with Gasteiger partial charge in [-0.1, -0.05) is 23.4 Å². The summed E-state index contributed by atoms with van der Waals surface area (Å²) in [7, 11) is 3.96. The largest absolute Gasteiger partial charge is 0.339 e. The second-order valence-corrected chi connectivity index (χ2v) is 9.17. The van der Waals surface area contributed by atoms with Gasteiger partial charge in [-0.2, -0.15) is 0 Å². The summed E-state index contributed by atoms with van der Waals surface area (Å²) in [6, 6.07) is 13.9. The Bertz CT molecular complexity index is 1080. The van der Waals surface area contributed by atoms with Crippen molar-refractivity contribution < 1.29 is 9.59 Å². The molecule has 1 atom stereocenters. The van der Waals surface area contributed by atoms with E-state index in [4.69, 9.17) is 11.6 Å². The van der Waals surface area contributed by atoms with E-state index in [0.29, 0.717) is 27.8 Å². The first kappa shape index (κ1) is 25.6. The highest BCUT2D eigenvalue weighted by molar-refractivity contribution is 7.99. The lowest BCUT2D eigenvalue weighted by atomic mass is 10.2. The molecule has 2 heterocycles. The van der Waals surface area contributed by atoms with E-state index in [1.54, 1.807) is 55.0 Å². The summed E-state index contributed by atoms with van der Waals surface area (Å²) in [5.74, 6) is -0.459. The Morgan fingerprint density at radius 2 is 1.79 bits per heavy atom. The molecular formula is C24H27ClN6O2S. The molecule has 0 saturated carbocycles. The number of halogens is 1. The van der Waals surface area contributed by atoms with E-state index in [1.165, 1.54) is 11.8 Å². The highest BCUT2D eigenvalue weighted by Crippen LogP contribution is 2.34. The average Bonchev–Trinajstić information content (AvgIpc) is 2.83. The van der Waals surface area contributed by atoms with Crippen LogP contribution in [0.5, 0.6) is 0 Å². The molecule has 0 fully saturated rings. The highest BCUT2D eigenvalue weighted by atomic mass is 35.5.